The fraction of sp³-hybridized carbons (Fsp3) is 0.261. The fourth-order valence-electron chi connectivity index (χ4n) is 3.72. The van der Waals surface area contributed by atoms with Gasteiger partial charge in [0.25, 0.3) is 0 Å². The number of nitrogens with zero attached hydrogens (tertiary/aromatic N) is 3. The topological polar surface area (TPSA) is 67.3 Å². The molecule has 6 nitrogen and oxygen atoms in total. The fourth-order valence-corrected chi connectivity index (χ4v) is 3.72. The molecule has 8 heteroatoms. The minimum atomic E-state index is -0.666. The lowest BCUT2D eigenvalue weighted by atomic mass is 9.97. The molecule has 31 heavy (non-hydrogen) atoms. The van der Waals surface area contributed by atoms with Crippen LogP contribution in [0.25, 0.3) is 11.3 Å². The zero-order chi connectivity index (χ0) is 21.8. The summed E-state index contributed by atoms with van der Waals surface area (Å²) in [4.78, 5) is 14.6. The number of nitrogens with one attached hydrogen (secondary N) is 1. The van der Waals surface area contributed by atoms with E-state index in [9.17, 15) is 13.6 Å². The minimum Gasteiger partial charge on any atom is -0.496 e. The Kier molecular flexibility index (Phi) is 6.06. The van der Waals surface area contributed by atoms with E-state index in [0.717, 1.165) is 36.7 Å². The van der Waals surface area contributed by atoms with Crippen molar-refractivity contribution < 1.29 is 18.3 Å². The summed E-state index contributed by atoms with van der Waals surface area (Å²) in [5, 5.41) is 11.2. The van der Waals surface area contributed by atoms with Crippen LogP contribution in [0.2, 0.25) is 0 Å². The highest BCUT2D eigenvalue weighted by molar-refractivity contribution is 5.93. The lowest BCUT2D eigenvalue weighted by Gasteiger charge is -2.32. The number of ether oxygens (including phenoxy) is 1. The van der Waals surface area contributed by atoms with Gasteiger partial charge in [0.1, 0.15) is 17.4 Å². The molecule has 1 aliphatic heterocycles. The van der Waals surface area contributed by atoms with Crippen molar-refractivity contribution in [2.75, 3.05) is 30.4 Å². The molecule has 0 spiro atoms. The normalized spacial score (nSPS) is 16.1. The van der Waals surface area contributed by atoms with E-state index in [2.05, 4.69) is 15.5 Å². The average molecular weight is 424 g/mol. The molecule has 0 aliphatic carbocycles. The number of benzene rings is 2. The molecule has 2 aromatic carbocycles. The van der Waals surface area contributed by atoms with Gasteiger partial charge in [0.05, 0.1) is 24.4 Å². The first kappa shape index (κ1) is 20.7. The van der Waals surface area contributed by atoms with Crippen molar-refractivity contribution in [3.63, 3.8) is 0 Å². The van der Waals surface area contributed by atoms with Crippen molar-refractivity contribution in [2.24, 2.45) is 5.92 Å². The van der Waals surface area contributed by atoms with Crippen LogP contribution in [0.1, 0.15) is 12.8 Å². The molecule has 0 bridgehead atoms. The molecule has 0 radical (unpaired) electrons. The van der Waals surface area contributed by atoms with Crippen molar-refractivity contribution in [1.29, 1.82) is 0 Å². The Hall–Kier alpha value is -3.55. The number of hydrogen-bond donors (Lipinski definition) is 1. The van der Waals surface area contributed by atoms with E-state index in [0.29, 0.717) is 30.2 Å². The summed E-state index contributed by atoms with van der Waals surface area (Å²) in [6.07, 6.45) is 1.44. The van der Waals surface area contributed by atoms with Crippen LogP contribution in [0.4, 0.5) is 20.3 Å². The van der Waals surface area contributed by atoms with Crippen molar-refractivity contribution >= 4 is 17.4 Å². The number of rotatable bonds is 5. The van der Waals surface area contributed by atoms with Gasteiger partial charge in [-0.15, -0.1) is 10.2 Å². The van der Waals surface area contributed by atoms with Crippen LogP contribution in [0.3, 0.4) is 0 Å². The van der Waals surface area contributed by atoms with Gasteiger partial charge < -0.3 is 15.0 Å². The van der Waals surface area contributed by atoms with Gasteiger partial charge in [0.15, 0.2) is 5.82 Å². The van der Waals surface area contributed by atoms with Gasteiger partial charge in [-0.2, -0.15) is 0 Å². The number of anilines is 2. The van der Waals surface area contributed by atoms with Crippen LogP contribution in [0.5, 0.6) is 5.75 Å². The number of aromatic nitrogens is 2. The second-order valence-electron chi connectivity index (χ2n) is 7.38. The maximum atomic E-state index is 13.9. The molecule has 1 fully saturated rings. The zero-order valence-corrected chi connectivity index (χ0v) is 17.0. The molecule has 4 rings (SSSR count). The quantitative estimate of drug-likeness (QED) is 0.662. The van der Waals surface area contributed by atoms with Gasteiger partial charge in [-0.1, -0.05) is 12.1 Å². The molecule has 1 unspecified atom stereocenters. The van der Waals surface area contributed by atoms with Crippen LogP contribution >= 0.6 is 0 Å². The number of piperidine rings is 1. The SMILES string of the molecule is COc1ccccc1-c1ccc(N2CCCC(C(=O)Nc3cc(F)ccc3F)C2)nn1. The van der Waals surface area contributed by atoms with Crippen LogP contribution in [0.15, 0.2) is 54.6 Å². The van der Waals surface area contributed by atoms with Crippen LogP contribution in [-0.2, 0) is 4.79 Å². The van der Waals surface area contributed by atoms with Gasteiger partial charge in [0, 0.05) is 24.7 Å². The monoisotopic (exact) mass is 424 g/mol. The maximum absolute atomic E-state index is 13.9. The van der Waals surface area contributed by atoms with Crippen molar-refractivity contribution in [2.45, 2.75) is 12.8 Å². The summed E-state index contributed by atoms with van der Waals surface area (Å²) in [5.41, 5.74) is 1.38. The smallest absolute Gasteiger partial charge is 0.229 e. The summed E-state index contributed by atoms with van der Waals surface area (Å²) < 4.78 is 32.6. The highest BCUT2D eigenvalue weighted by Gasteiger charge is 2.27. The third-order valence-electron chi connectivity index (χ3n) is 5.34. The molecule has 2 heterocycles. The Morgan fingerprint density at radius 1 is 1.13 bits per heavy atom. The van der Waals surface area contributed by atoms with Gasteiger partial charge >= 0.3 is 0 Å². The number of hydrogen-bond acceptors (Lipinski definition) is 5. The van der Waals surface area contributed by atoms with Gasteiger partial charge in [-0.25, -0.2) is 8.78 Å². The van der Waals surface area contributed by atoms with E-state index in [1.807, 2.05) is 41.3 Å². The highest BCUT2D eigenvalue weighted by Crippen LogP contribution is 2.29. The first-order valence-corrected chi connectivity index (χ1v) is 10.0. The molecular formula is C23H22F2N4O2. The maximum Gasteiger partial charge on any atom is 0.229 e. The summed E-state index contributed by atoms with van der Waals surface area (Å²) in [6.45, 7) is 1.16. The lowest BCUT2D eigenvalue weighted by Crippen LogP contribution is -2.41. The van der Waals surface area contributed by atoms with E-state index in [1.165, 1.54) is 0 Å². The third kappa shape index (κ3) is 4.63. The molecule has 1 amide bonds. The Labute approximate surface area is 178 Å². The number of methoxy groups -OCH3 is 1. The van der Waals surface area contributed by atoms with Crippen LogP contribution in [-0.4, -0.2) is 36.3 Å². The molecular weight excluding hydrogens is 402 g/mol. The number of para-hydroxylation sites is 1. The number of carbonyl (C=O) groups is 1. The Bertz CT molecular complexity index is 1080. The molecule has 160 valence electrons. The molecule has 1 aromatic heterocycles. The predicted octanol–water partition coefficient (Wildman–Crippen LogP) is 4.29. The average Bonchev–Trinajstić information content (AvgIpc) is 2.81. The lowest BCUT2D eigenvalue weighted by molar-refractivity contribution is -0.120. The van der Waals surface area contributed by atoms with E-state index in [1.54, 1.807) is 7.11 Å². The van der Waals surface area contributed by atoms with Crippen molar-refractivity contribution in [3.05, 3.63) is 66.2 Å². The number of amides is 1. The summed E-state index contributed by atoms with van der Waals surface area (Å²) in [7, 11) is 1.61. The van der Waals surface area contributed by atoms with Crippen LogP contribution < -0.4 is 15.0 Å². The number of halogens is 2. The Balaban J connectivity index is 1.46. The van der Waals surface area contributed by atoms with E-state index < -0.39 is 11.6 Å². The Morgan fingerprint density at radius 2 is 1.97 bits per heavy atom. The minimum absolute atomic E-state index is 0.150. The zero-order valence-electron chi connectivity index (χ0n) is 17.0. The van der Waals surface area contributed by atoms with E-state index in [-0.39, 0.29) is 17.5 Å². The van der Waals surface area contributed by atoms with Gasteiger partial charge in [0.2, 0.25) is 5.91 Å². The first-order chi connectivity index (χ1) is 15.0. The third-order valence-corrected chi connectivity index (χ3v) is 5.34. The molecule has 1 aliphatic rings. The highest BCUT2D eigenvalue weighted by atomic mass is 19.1. The van der Waals surface area contributed by atoms with Gasteiger partial charge in [-0.3, -0.25) is 4.79 Å². The largest absolute Gasteiger partial charge is 0.496 e. The van der Waals surface area contributed by atoms with Crippen molar-refractivity contribution in [1.82, 2.24) is 10.2 Å². The standard InChI is InChI=1S/C23H22F2N4O2/c1-31-21-7-3-2-6-17(21)19-10-11-22(28-27-19)29-12-4-5-15(14-29)23(30)26-20-13-16(24)8-9-18(20)25/h2-3,6-11,13,15H,4-5,12,14H2,1H3,(H,26,30). The van der Waals surface area contributed by atoms with E-state index >= 15 is 0 Å². The predicted molar refractivity (Wildman–Crippen MR) is 114 cm³/mol. The molecule has 0 saturated carbocycles. The van der Waals surface area contributed by atoms with E-state index in [4.69, 9.17) is 4.74 Å². The summed E-state index contributed by atoms with van der Waals surface area (Å²) in [5.74, 6) is -0.607. The summed E-state index contributed by atoms with van der Waals surface area (Å²) >= 11 is 0. The number of carbonyl (C=O) groups excluding carboxylic acids is 1. The van der Waals surface area contributed by atoms with Crippen molar-refractivity contribution in [3.8, 4) is 17.0 Å². The van der Waals surface area contributed by atoms with Crippen LogP contribution in [0, 0.1) is 17.6 Å². The second-order valence-corrected chi connectivity index (χ2v) is 7.38. The molecule has 1 N–H and O–H groups in total. The first-order valence-electron chi connectivity index (χ1n) is 10.0. The molecule has 1 atom stereocenters. The molecule has 3 aromatic rings. The Morgan fingerprint density at radius 3 is 2.74 bits per heavy atom. The molecule has 1 saturated heterocycles. The van der Waals surface area contributed by atoms with Gasteiger partial charge in [-0.05, 0) is 49.2 Å². The second kappa shape index (κ2) is 9.07. The summed E-state index contributed by atoms with van der Waals surface area (Å²) in [6, 6.07) is 14.3.